The lowest BCUT2D eigenvalue weighted by Crippen LogP contribution is -2.35. The van der Waals surface area contributed by atoms with Gasteiger partial charge in [0, 0.05) is 6.04 Å². The van der Waals surface area contributed by atoms with Crippen molar-refractivity contribution in [2.24, 2.45) is 0 Å². The number of benzene rings is 1. The molecule has 0 bridgehead atoms. The van der Waals surface area contributed by atoms with Crippen LogP contribution in [0.4, 0.5) is 13.2 Å². The van der Waals surface area contributed by atoms with E-state index in [1.165, 1.54) is 37.1 Å². The van der Waals surface area contributed by atoms with E-state index in [-0.39, 0.29) is 5.75 Å². The van der Waals surface area contributed by atoms with Gasteiger partial charge in [0.15, 0.2) is 0 Å². The summed E-state index contributed by atoms with van der Waals surface area (Å²) >= 11 is 0. The molecule has 1 aromatic carbocycles. The van der Waals surface area contributed by atoms with Crippen LogP contribution in [0.2, 0.25) is 0 Å². The maximum Gasteiger partial charge on any atom is 0.573 e. The fraction of sp³-hybridized carbons (Fsp3) is 0.571. The molecule has 1 aromatic rings. The van der Waals surface area contributed by atoms with Crippen molar-refractivity contribution in [2.75, 3.05) is 13.2 Å². The Bertz CT molecular complexity index is 400. The SMILES string of the molecule is FC(F)(F)Oc1ccc(OCC[C@@H]2CCCCN2)cc1. The minimum atomic E-state index is -4.66. The van der Waals surface area contributed by atoms with Gasteiger partial charge < -0.3 is 14.8 Å². The van der Waals surface area contributed by atoms with E-state index in [0.29, 0.717) is 18.4 Å². The number of piperidine rings is 1. The summed E-state index contributed by atoms with van der Waals surface area (Å²) in [6.45, 7) is 1.60. The lowest BCUT2D eigenvalue weighted by Gasteiger charge is -2.23. The Kier molecular flexibility index (Phi) is 5.11. The number of halogens is 3. The zero-order valence-corrected chi connectivity index (χ0v) is 11.1. The molecule has 0 aliphatic carbocycles. The first-order valence-corrected chi connectivity index (χ1v) is 6.75. The Labute approximate surface area is 116 Å². The van der Waals surface area contributed by atoms with Crippen LogP contribution in [0, 0.1) is 0 Å². The molecule has 6 heteroatoms. The molecule has 1 aliphatic rings. The molecule has 20 heavy (non-hydrogen) atoms. The number of nitrogens with one attached hydrogen (secondary N) is 1. The third-order valence-electron chi connectivity index (χ3n) is 3.20. The molecule has 0 spiro atoms. The number of hydrogen-bond donors (Lipinski definition) is 1. The van der Waals surface area contributed by atoms with Crippen LogP contribution < -0.4 is 14.8 Å². The number of hydrogen-bond acceptors (Lipinski definition) is 3. The van der Waals surface area contributed by atoms with Gasteiger partial charge in [0.2, 0.25) is 0 Å². The highest BCUT2D eigenvalue weighted by molar-refractivity contribution is 5.31. The van der Waals surface area contributed by atoms with Crippen molar-refractivity contribution in [2.45, 2.75) is 38.1 Å². The zero-order valence-electron chi connectivity index (χ0n) is 11.1. The summed E-state index contributed by atoms with van der Waals surface area (Å²) in [6.07, 6.45) is -0.142. The first-order valence-electron chi connectivity index (χ1n) is 6.75. The van der Waals surface area contributed by atoms with Crippen molar-refractivity contribution >= 4 is 0 Å². The fourth-order valence-electron chi connectivity index (χ4n) is 2.23. The van der Waals surface area contributed by atoms with Crippen LogP contribution in [0.1, 0.15) is 25.7 Å². The summed E-state index contributed by atoms with van der Waals surface area (Å²) in [6, 6.07) is 5.95. The highest BCUT2D eigenvalue weighted by Crippen LogP contribution is 2.24. The lowest BCUT2D eigenvalue weighted by molar-refractivity contribution is -0.274. The van der Waals surface area contributed by atoms with E-state index in [4.69, 9.17) is 4.74 Å². The van der Waals surface area contributed by atoms with Crippen molar-refractivity contribution in [3.8, 4) is 11.5 Å². The molecule has 1 saturated heterocycles. The molecule has 112 valence electrons. The molecule has 1 N–H and O–H groups in total. The molecule has 0 amide bonds. The molecular weight excluding hydrogens is 271 g/mol. The van der Waals surface area contributed by atoms with Gasteiger partial charge in [-0.15, -0.1) is 13.2 Å². The second kappa shape index (κ2) is 6.83. The van der Waals surface area contributed by atoms with Crippen molar-refractivity contribution < 1.29 is 22.6 Å². The minimum Gasteiger partial charge on any atom is -0.494 e. The Hall–Kier alpha value is -1.43. The normalized spacial score (nSPS) is 19.6. The van der Waals surface area contributed by atoms with E-state index in [1.54, 1.807) is 0 Å². The fourth-order valence-corrected chi connectivity index (χ4v) is 2.23. The third kappa shape index (κ3) is 5.28. The van der Waals surface area contributed by atoms with Gasteiger partial charge in [0.05, 0.1) is 6.61 Å². The summed E-state index contributed by atoms with van der Waals surface area (Å²) in [5.74, 6) is 0.314. The van der Waals surface area contributed by atoms with E-state index in [0.717, 1.165) is 19.4 Å². The topological polar surface area (TPSA) is 30.5 Å². The molecule has 3 nitrogen and oxygen atoms in total. The summed E-state index contributed by atoms with van der Waals surface area (Å²) < 4.78 is 45.3. The molecule has 1 heterocycles. The van der Waals surface area contributed by atoms with Crippen molar-refractivity contribution in [3.05, 3.63) is 24.3 Å². The average Bonchev–Trinajstić information content (AvgIpc) is 2.40. The van der Waals surface area contributed by atoms with Gasteiger partial charge in [-0.3, -0.25) is 0 Å². The average molecular weight is 289 g/mol. The molecule has 1 aliphatic heterocycles. The van der Waals surface area contributed by atoms with Gasteiger partial charge in [0.25, 0.3) is 0 Å². The van der Waals surface area contributed by atoms with Crippen molar-refractivity contribution in [3.63, 3.8) is 0 Å². The van der Waals surface area contributed by atoms with E-state index in [2.05, 4.69) is 10.1 Å². The van der Waals surface area contributed by atoms with Crippen LogP contribution in [-0.2, 0) is 0 Å². The standard InChI is InChI=1S/C14H18F3NO2/c15-14(16,17)20-13-6-4-12(5-7-13)19-10-8-11-3-1-2-9-18-11/h4-7,11,18H,1-3,8-10H2/t11-/m0/s1. The smallest absolute Gasteiger partial charge is 0.494 e. The van der Waals surface area contributed by atoms with Gasteiger partial charge in [-0.2, -0.15) is 0 Å². The van der Waals surface area contributed by atoms with Crippen LogP contribution >= 0.6 is 0 Å². The predicted octanol–water partition coefficient (Wildman–Crippen LogP) is 3.50. The molecule has 0 radical (unpaired) electrons. The van der Waals surface area contributed by atoms with Crippen molar-refractivity contribution in [1.82, 2.24) is 5.32 Å². The molecule has 2 rings (SSSR count). The molecule has 1 atom stereocenters. The molecule has 0 aromatic heterocycles. The predicted molar refractivity (Wildman–Crippen MR) is 68.9 cm³/mol. The Balaban J connectivity index is 1.73. The van der Waals surface area contributed by atoms with E-state index >= 15 is 0 Å². The highest BCUT2D eigenvalue weighted by atomic mass is 19.4. The van der Waals surface area contributed by atoms with Crippen LogP contribution in [0.5, 0.6) is 11.5 Å². The Morgan fingerprint density at radius 3 is 2.40 bits per heavy atom. The van der Waals surface area contributed by atoms with Crippen LogP contribution in [0.25, 0.3) is 0 Å². The molecule has 0 unspecified atom stereocenters. The second-order valence-corrected chi connectivity index (χ2v) is 4.80. The van der Waals surface area contributed by atoms with Gasteiger partial charge in [0.1, 0.15) is 11.5 Å². The molecule has 0 saturated carbocycles. The first kappa shape index (κ1) is 15.0. The third-order valence-corrected chi connectivity index (χ3v) is 3.20. The first-order chi connectivity index (χ1) is 9.53. The maximum atomic E-state index is 12.0. The quantitative estimate of drug-likeness (QED) is 0.900. The number of ether oxygens (including phenoxy) is 2. The monoisotopic (exact) mass is 289 g/mol. The largest absolute Gasteiger partial charge is 0.573 e. The summed E-state index contributed by atoms with van der Waals surface area (Å²) in [7, 11) is 0. The highest BCUT2D eigenvalue weighted by Gasteiger charge is 2.30. The second-order valence-electron chi connectivity index (χ2n) is 4.80. The lowest BCUT2D eigenvalue weighted by atomic mass is 10.0. The maximum absolute atomic E-state index is 12.0. The Morgan fingerprint density at radius 2 is 1.80 bits per heavy atom. The molecule has 1 fully saturated rings. The van der Waals surface area contributed by atoms with Crippen molar-refractivity contribution in [1.29, 1.82) is 0 Å². The number of alkyl halides is 3. The van der Waals surface area contributed by atoms with E-state index in [9.17, 15) is 13.2 Å². The van der Waals surface area contributed by atoms with Gasteiger partial charge in [-0.25, -0.2) is 0 Å². The zero-order chi connectivity index (χ0) is 14.4. The van der Waals surface area contributed by atoms with E-state index in [1.807, 2.05) is 0 Å². The van der Waals surface area contributed by atoms with Gasteiger partial charge >= 0.3 is 6.36 Å². The van der Waals surface area contributed by atoms with Gasteiger partial charge in [-0.05, 0) is 50.1 Å². The minimum absolute atomic E-state index is 0.237. The van der Waals surface area contributed by atoms with Crippen LogP contribution in [0.15, 0.2) is 24.3 Å². The van der Waals surface area contributed by atoms with Gasteiger partial charge in [-0.1, -0.05) is 6.42 Å². The summed E-state index contributed by atoms with van der Waals surface area (Å²) in [5, 5.41) is 3.42. The van der Waals surface area contributed by atoms with Crippen LogP contribution in [-0.4, -0.2) is 25.6 Å². The van der Waals surface area contributed by atoms with E-state index < -0.39 is 6.36 Å². The molecular formula is C14H18F3NO2. The summed E-state index contributed by atoms with van der Waals surface area (Å²) in [5.41, 5.74) is 0. The number of rotatable bonds is 5. The summed E-state index contributed by atoms with van der Waals surface area (Å²) in [4.78, 5) is 0. The Morgan fingerprint density at radius 1 is 1.10 bits per heavy atom. The van der Waals surface area contributed by atoms with Crippen LogP contribution in [0.3, 0.4) is 0 Å².